The zero-order valence-electron chi connectivity index (χ0n) is 13.2. The summed E-state index contributed by atoms with van der Waals surface area (Å²) in [5.74, 6) is 0.554. The Balaban J connectivity index is 1.62. The Morgan fingerprint density at radius 2 is 2.05 bits per heavy atom. The number of hydrogen-bond acceptors (Lipinski definition) is 2. The summed E-state index contributed by atoms with van der Waals surface area (Å²) < 4.78 is 0. The Hall–Kier alpha value is -1.32. The van der Waals surface area contributed by atoms with Gasteiger partial charge in [0, 0.05) is 19.6 Å². The van der Waals surface area contributed by atoms with Gasteiger partial charge in [-0.25, -0.2) is 0 Å². The Labute approximate surface area is 128 Å². The van der Waals surface area contributed by atoms with Crippen molar-refractivity contribution in [2.24, 2.45) is 5.92 Å². The van der Waals surface area contributed by atoms with Gasteiger partial charge in [-0.2, -0.15) is 0 Å². The molecular weight excluding hydrogens is 264 g/mol. The van der Waals surface area contributed by atoms with Crippen molar-refractivity contribution in [3.05, 3.63) is 11.6 Å². The van der Waals surface area contributed by atoms with Crippen LogP contribution in [0.5, 0.6) is 0 Å². The minimum absolute atomic E-state index is 0.00737. The second-order valence-corrected chi connectivity index (χ2v) is 6.45. The number of rotatable bonds is 5. The molecule has 2 rings (SSSR count). The summed E-state index contributed by atoms with van der Waals surface area (Å²) in [5.41, 5.74) is 1.46. The molecule has 0 spiro atoms. The minimum atomic E-state index is -0.130. The zero-order chi connectivity index (χ0) is 15.1. The van der Waals surface area contributed by atoms with Gasteiger partial charge in [-0.3, -0.25) is 9.59 Å². The van der Waals surface area contributed by atoms with E-state index >= 15 is 0 Å². The van der Waals surface area contributed by atoms with Crippen LogP contribution in [-0.4, -0.2) is 36.3 Å². The lowest BCUT2D eigenvalue weighted by Gasteiger charge is -2.30. The first-order valence-corrected chi connectivity index (χ1v) is 8.37. The molecular formula is C17H28N2O2. The fourth-order valence-corrected chi connectivity index (χ4v) is 3.06. The Kier molecular flexibility index (Phi) is 6.27. The predicted octanol–water partition coefficient (Wildman–Crippen LogP) is 2.64. The van der Waals surface area contributed by atoms with Crippen molar-refractivity contribution in [1.82, 2.24) is 10.2 Å². The number of carbonyl (C=O) groups excluding carboxylic acids is 2. The van der Waals surface area contributed by atoms with E-state index in [1.165, 1.54) is 31.3 Å². The minimum Gasteiger partial charge on any atom is -0.355 e. The number of piperidine rings is 1. The molecule has 0 aromatic carbocycles. The topological polar surface area (TPSA) is 49.4 Å². The molecule has 1 N–H and O–H groups in total. The van der Waals surface area contributed by atoms with Gasteiger partial charge in [0.25, 0.3) is 0 Å². The Morgan fingerprint density at radius 1 is 1.29 bits per heavy atom. The van der Waals surface area contributed by atoms with Crippen LogP contribution in [0, 0.1) is 5.92 Å². The molecule has 0 atom stereocenters. The highest BCUT2D eigenvalue weighted by atomic mass is 16.2. The van der Waals surface area contributed by atoms with Crippen LogP contribution in [0.4, 0.5) is 0 Å². The summed E-state index contributed by atoms with van der Waals surface area (Å²) in [7, 11) is 0. The molecule has 2 amide bonds. The van der Waals surface area contributed by atoms with Crippen LogP contribution in [0.15, 0.2) is 11.6 Å². The molecule has 21 heavy (non-hydrogen) atoms. The number of allylic oxidation sites excluding steroid dienone is 1. The van der Waals surface area contributed by atoms with Crippen LogP contribution >= 0.6 is 0 Å². The van der Waals surface area contributed by atoms with Gasteiger partial charge in [0.1, 0.15) is 6.42 Å². The fraction of sp³-hybridized carbons (Fsp3) is 0.765. The first-order valence-electron chi connectivity index (χ1n) is 8.37. The monoisotopic (exact) mass is 292 g/mol. The SMILES string of the molecule is CC1CCN(C(=O)CC(=O)NCCC2=CCCCC2)CC1. The van der Waals surface area contributed by atoms with Crippen molar-refractivity contribution in [2.45, 2.75) is 58.3 Å². The second-order valence-electron chi connectivity index (χ2n) is 6.45. The summed E-state index contributed by atoms with van der Waals surface area (Å²) in [6.45, 7) is 4.49. The largest absolute Gasteiger partial charge is 0.355 e. The predicted molar refractivity (Wildman–Crippen MR) is 83.8 cm³/mol. The van der Waals surface area contributed by atoms with Crippen molar-refractivity contribution in [3.63, 3.8) is 0 Å². The highest BCUT2D eigenvalue weighted by Crippen LogP contribution is 2.19. The molecule has 0 saturated carbocycles. The van der Waals surface area contributed by atoms with Crippen LogP contribution in [0.1, 0.15) is 58.3 Å². The summed E-state index contributed by atoms with van der Waals surface area (Å²) in [6.07, 6.45) is 10.3. The molecule has 118 valence electrons. The molecule has 4 heteroatoms. The van der Waals surface area contributed by atoms with Crippen LogP contribution in [0.3, 0.4) is 0 Å². The highest BCUT2D eigenvalue weighted by molar-refractivity contribution is 5.96. The van der Waals surface area contributed by atoms with E-state index in [2.05, 4.69) is 18.3 Å². The number of amides is 2. The standard InChI is InChI=1S/C17H28N2O2/c1-14-8-11-19(12-9-14)17(21)13-16(20)18-10-7-15-5-3-2-4-6-15/h5,14H,2-4,6-13H2,1H3,(H,18,20). The van der Waals surface area contributed by atoms with E-state index in [0.29, 0.717) is 12.5 Å². The third-order valence-electron chi connectivity index (χ3n) is 4.60. The normalized spacial score (nSPS) is 20.0. The Morgan fingerprint density at radius 3 is 2.71 bits per heavy atom. The number of nitrogens with one attached hydrogen (secondary N) is 1. The van der Waals surface area contributed by atoms with Gasteiger partial charge in [-0.15, -0.1) is 0 Å². The molecule has 4 nitrogen and oxygen atoms in total. The second kappa shape index (κ2) is 8.20. The lowest BCUT2D eigenvalue weighted by molar-refractivity contribution is -0.137. The Bertz CT molecular complexity index is 396. The maximum atomic E-state index is 12.0. The first kappa shape index (κ1) is 16.1. The molecule has 0 radical (unpaired) electrons. The van der Waals surface area contributed by atoms with Crippen LogP contribution in [0.25, 0.3) is 0 Å². The maximum absolute atomic E-state index is 12.0. The molecule has 0 aromatic rings. The van der Waals surface area contributed by atoms with Crippen LogP contribution in [0.2, 0.25) is 0 Å². The summed E-state index contributed by atoms with van der Waals surface area (Å²) >= 11 is 0. The van der Waals surface area contributed by atoms with Gasteiger partial charge in [-0.1, -0.05) is 18.6 Å². The van der Waals surface area contributed by atoms with Gasteiger partial charge in [-0.05, 0) is 50.9 Å². The van der Waals surface area contributed by atoms with Gasteiger partial charge in [0.2, 0.25) is 11.8 Å². The van der Waals surface area contributed by atoms with E-state index in [4.69, 9.17) is 0 Å². The number of hydrogen-bond donors (Lipinski definition) is 1. The van der Waals surface area contributed by atoms with Gasteiger partial charge < -0.3 is 10.2 Å². The van der Waals surface area contributed by atoms with E-state index in [0.717, 1.165) is 32.4 Å². The van der Waals surface area contributed by atoms with E-state index in [1.54, 1.807) is 0 Å². The van der Waals surface area contributed by atoms with Crippen molar-refractivity contribution in [2.75, 3.05) is 19.6 Å². The smallest absolute Gasteiger partial charge is 0.232 e. The van der Waals surface area contributed by atoms with Crippen molar-refractivity contribution in [3.8, 4) is 0 Å². The summed E-state index contributed by atoms with van der Waals surface area (Å²) in [4.78, 5) is 25.7. The molecule has 0 aromatic heterocycles. The van der Waals surface area contributed by atoms with E-state index < -0.39 is 0 Å². The van der Waals surface area contributed by atoms with Crippen LogP contribution < -0.4 is 5.32 Å². The van der Waals surface area contributed by atoms with Crippen molar-refractivity contribution >= 4 is 11.8 Å². The van der Waals surface area contributed by atoms with Gasteiger partial charge >= 0.3 is 0 Å². The van der Waals surface area contributed by atoms with Gasteiger partial charge in [0.15, 0.2) is 0 Å². The lowest BCUT2D eigenvalue weighted by atomic mass is 9.97. The van der Waals surface area contributed by atoms with Gasteiger partial charge in [0.05, 0.1) is 0 Å². The first-order chi connectivity index (χ1) is 10.1. The number of nitrogens with zero attached hydrogens (tertiary/aromatic N) is 1. The molecule has 1 fully saturated rings. The average molecular weight is 292 g/mol. The molecule has 0 bridgehead atoms. The molecule has 1 aliphatic heterocycles. The van der Waals surface area contributed by atoms with Crippen LogP contribution in [-0.2, 0) is 9.59 Å². The van der Waals surface area contributed by atoms with E-state index in [-0.39, 0.29) is 18.2 Å². The molecule has 1 saturated heterocycles. The highest BCUT2D eigenvalue weighted by Gasteiger charge is 2.21. The number of carbonyl (C=O) groups is 2. The average Bonchev–Trinajstić information content (AvgIpc) is 2.49. The van der Waals surface area contributed by atoms with Crippen molar-refractivity contribution in [1.29, 1.82) is 0 Å². The summed E-state index contributed by atoms with van der Waals surface area (Å²) in [5, 5.41) is 2.88. The molecule has 2 aliphatic rings. The molecule has 1 heterocycles. The van der Waals surface area contributed by atoms with E-state index in [9.17, 15) is 9.59 Å². The maximum Gasteiger partial charge on any atom is 0.232 e. The summed E-state index contributed by atoms with van der Waals surface area (Å²) in [6, 6.07) is 0. The third-order valence-corrected chi connectivity index (χ3v) is 4.60. The lowest BCUT2D eigenvalue weighted by Crippen LogP contribution is -2.40. The molecule has 0 unspecified atom stereocenters. The van der Waals surface area contributed by atoms with Crippen molar-refractivity contribution < 1.29 is 9.59 Å². The number of likely N-dealkylation sites (tertiary alicyclic amines) is 1. The quantitative estimate of drug-likeness (QED) is 0.625. The third kappa shape index (κ3) is 5.52. The zero-order valence-corrected chi connectivity index (χ0v) is 13.2. The van der Waals surface area contributed by atoms with E-state index in [1.807, 2.05) is 4.90 Å². The molecule has 1 aliphatic carbocycles. The fourth-order valence-electron chi connectivity index (χ4n) is 3.06.